The summed E-state index contributed by atoms with van der Waals surface area (Å²) in [6, 6.07) is 15.6. The number of methoxy groups -OCH3 is 1. The van der Waals surface area contributed by atoms with Crippen LogP contribution in [0.15, 0.2) is 48.5 Å². The fourth-order valence-corrected chi connectivity index (χ4v) is 3.84. The molecule has 0 amide bonds. The van der Waals surface area contributed by atoms with Gasteiger partial charge in [-0.05, 0) is 56.2 Å². The molecule has 1 atom stereocenters. The highest BCUT2D eigenvalue weighted by Crippen LogP contribution is 2.48. The van der Waals surface area contributed by atoms with Gasteiger partial charge in [-0.25, -0.2) is 0 Å². The van der Waals surface area contributed by atoms with E-state index in [1.54, 1.807) is 7.11 Å². The maximum atomic E-state index is 13.1. The van der Waals surface area contributed by atoms with Crippen LogP contribution in [0, 0.1) is 0 Å². The molecule has 4 heteroatoms. The molecule has 0 aromatic heterocycles. The average molecular weight is 353 g/mol. The van der Waals surface area contributed by atoms with E-state index in [4.69, 9.17) is 9.47 Å². The number of carbonyl (C=O) groups excluding carboxylic acids is 1. The second-order valence-corrected chi connectivity index (χ2v) is 6.65. The molecular weight excluding hydrogens is 326 g/mol. The molecule has 4 nitrogen and oxygen atoms in total. The first-order valence-corrected chi connectivity index (χ1v) is 9.34. The van der Waals surface area contributed by atoms with E-state index in [-0.39, 0.29) is 5.97 Å². The molecule has 138 valence electrons. The summed E-state index contributed by atoms with van der Waals surface area (Å²) in [4.78, 5) is 15.5. The predicted molar refractivity (Wildman–Crippen MR) is 103 cm³/mol. The van der Waals surface area contributed by atoms with Crippen LogP contribution in [0.3, 0.4) is 0 Å². The predicted octanol–water partition coefficient (Wildman–Crippen LogP) is 4.02. The zero-order valence-corrected chi connectivity index (χ0v) is 15.8. The standard InChI is InChI=1S/C22H27NO3/c1-4-23(5-2)15-9-14-22(17-10-7-6-8-11-17)19-16-18(25-3)12-13-20(19)26-21(22)24/h6-8,10-13,16H,4-5,9,14-15H2,1-3H3. The summed E-state index contributed by atoms with van der Waals surface area (Å²) in [6.07, 6.45) is 1.63. The number of hydrogen-bond acceptors (Lipinski definition) is 4. The molecule has 0 bridgehead atoms. The van der Waals surface area contributed by atoms with Gasteiger partial charge in [-0.15, -0.1) is 0 Å². The molecule has 1 aliphatic rings. The number of rotatable bonds is 8. The molecule has 0 aliphatic carbocycles. The summed E-state index contributed by atoms with van der Waals surface area (Å²) in [5, 5.41) is 0. The number of nitrogens with zero attached hydrogens (tertiary/aromatic N) is 1. The van der Waals surface area contributed by atoms with E-state index in [2.05, 4.69) is 18.7 Å². The second-order valence-electron chi connectivity index (χ2n) is 6.65. The molecule has 3 rings (SSSR count). The molecule has 2 aromatic carbocycles. The van der Waals surface area contributed by atoms with Gasteiger partial charge in [-0.3, -0.25) is 4.79 Å². The van der Waals surface area contributed by atoms with E-state index in [0.717, 1.165) is 42.9 Å². The lowest BCUT2D eigenvalue weighted by molar-refractivity contribution is -0.137. The first kappa shape index (κ1) is 18.5. The van der Waals surface area contributed by atoms with E-state index in [1.165, 1.54) is 0 Å². The smallest absolute Gasteiger partial charge is 0.326 e. The fourth-order valence-electron chi connectivity index (χ4n) is 3.84. The lowest BCUT2D eigenvalue weighted by Crippen LogP contribution is -2.36. The Kier molecular flexibility index (Phi) is 5.62. The van der Waals surface area contributed by atoms with Crippen molar-refractivity contribution in [3.8, 4) is 11.5 Å². The highest BCUT2D eigenvalue weighted by atomic mass is 16.5. The normalized spacial score (nSPS) is 18.7. The first-order valence-electron chi connectivity index (χ1n) is 9.34. The molecule has 2 aromatic rings. The van der Waals surface area contributed by atoms with Crippen LogP contribution in [0.1, 0.15) is 37.8 Å². The van der Waals surface area contributed by atoms with Gasteiger partial charge in [0.05, 0.1) is 7.11 Å². The third kappa shape index (κ3) is 3.21. The van der Waals surface area contributed by atoms with Gasteiger partial charge in [0.2, 0.25) is 0 Å². The molecule has 0 N–H and O–H groups in total. The Labute approximate surface area is 155 Å². The van der Waals surface area contributed by atoms with Crippen molar-refractivity contribution < 1.29 is 14.3 Å². The van der Waals surface area contributed by atoms with Crippen LogP contribution in [-0.2, 0) is 10.2 Å². The average Bonchev–Trinajstić information content (AvgIpc) is 2.97. The van der Waals surface area contributed by atoms with Crippen LogP contribution >= 0.6 is 0 Å². The van der Waals surface area contributed by atoms with Gasteiger partial charge in [0.25, 0.3) is 0 Å². The minimum Gasteiger partial charge on any atom is -0.497 e. The number of hydrogen-bond donors (Lipinski definition) is 0. The van der Waals surface area contributed by atoms with Gasteiger partial charge in [0.15, 0.2) is 0 Å². The van der Waals surface area contributed by atoms with Gasteiger partial charge in [-0.2, -0.15) is 0 Å². The maximum Gasteiger partial charge on any atom is 0.326 e. The molecule has 1 unspecified atom stereocenters. The number of benzene rings is 2. The van der Waals surface area contributed by atoms with Crippen molar-refractivity contribution in [2.75, 3.05) is 26.7 Å². The maximum absolute atomic E-state index is 13.1. The molecular formula is C22H27NO3. The van der Waals surface area contributed by atoms with Gasteiger partial charge in [0, 0.05) is 5.56 Å². The van der Waals surface area contributed by atoms with Gasteiger partial charge >= 0.3 is 5.97 Å². The molecule has 1 heterocycles. The number of fused-ring (bicyclic) bond motifs is 1. The Bertz CT molecular complexity index is 755. The Hall–Kier alpha value is -2.33. The van der Waals surface area contributed by atoms with E-state index in [0.29, 0.717) is 12.2 Å². The minimum atomic E-state index is -0.766. The molecule has 0 saturated heterocycles. The Morgan fingerprint density at radius 2 is 1.81 bits per heavy atom. The third-order valence-corrected chi connectivity index (χ3v) is 5.38. The largest absolute Gasteiger partial charge is 0.497 e. The quantitative estimate of drug-likeness (QED) is 0.531. The van der Waals surface area contributed by atoms with Gasteiger partial charge < -0.3 is 14.4 Å². The van der Waals surface area contributed by atoms with Crippen molar-refractivity contribution in [3.05, 3.63) is 59.7 Å². The molecule has 0 radical (unpaired) electrons. The van der Waals surface area contributed by atoms with Crippen LogP contribution in [0.5, 0.6) is 11.5 Å². The van der Waals surface area contributed by atoms with Crippen molar-refractivity contribution in [1.29, 1.82) is 0 Å². The summed E-state index contributed by atoms with van der Waals surface area (Å²) in [6.45, 7) is 7.34. The van der Waals surface area contributed by atoms with Crippen molar-refractivity contribution in [1.82, 2.24) is 4.90 Å². The number of ether oxygens (including phenoxy) is 2. The Balaban J connectivity index is 2.01. The zero-order chi connectivity index (χ0) is 18.6. The number of esters is 1. The van der Waals surface area contributed by atoms with Gasteiger partial charge in [0.1, 0.15) is 16.9 Å². The third-order valence-electron chi connectivity index (χ3n) is 5.38. The van der Waals surface area contributed by atoms with Crippen LogP contribution < -0.4 is 9.47 Å². The molecule has 1 aliphatic heterocycles. The van der Waals surface area contributed by atoms with E-state index in [1.807, 2.05) is 48.5 Å². The van der Waals surface area contributed by atoms with Crippen molar-refractivity contribution in [3.63, 3.8) is 0 Å². The van der Waals surface area contributed by atoms with Crippen LogP contribution in [0.2, 0.25) is 0 Å². The van der Waals surface area contributed by atoms with E-state index < -0.39 is 5.41 Å². The van der Waals surface area contributed by atoms with Crippen LogP contribution in [-0.4, -0.2) is 37.6 Å². The fraction of sp³-hybridized carbons (Fsp3) is 0.409. The first-order chi connectivity index (χ1) is 12.7. The second kappa shape index (κ2) is 7.92. The lowest BCUT2D eigenvalue weighted by Gasteiger charge is -2.28. The molecule has 26 heavy (non-hydrogen) atoms. The summed E-state index contributed by atoms with van der Waals surface area (Å²) >= 11 is 0. The minimum absolute atomic E-state index is 0.188. The highest BCUT2D eigenvalue weighted by Gasteiger charge is 2.50. The summed E-state index contributed by atoms with van der Waals surface area (Å²) in [5.41, 5.74) is 1.13. The lowest BCUT2D eigenvalue weighted by atomic mass is 9.72. The Morgan fingerprint density at radius 1 is 1.08 bits per heavy atom. The van der Waals surface area contributed by atoms with Crippen LogP contribution in [0.25, 0.3) is 0 Å². The van der Waals surface area contributed by atoms with E-state index >= 15 is 0 Å². The van der Waals surface area contributed by atoms with E-state index in [9.17, 15) is 4.79 Å². The summed E-state index contributed by atoms with van der Waals surface area (Å²) in [7, 11) is 1.64. The number of carbonyl (C=O) groups is 1. The molecule has 0 saturated carbocycles. The van der Waals surface area contributed by atoms with Gasteiger partial charge in [-0.1, -0.05) is 44.2 Å². The summed E-state index contributed by atoms with van der Waals surface area (Å²) < 4.78 is 11.1. The monoisotopic (exact) mass is 353 g/mol. The highest BCUT2D eigenvalue weighted by molar-refractivity contribution is 5.94. The molecule has 0 spiro atoms. The Morgan fingerprint density at radius 3 is 2.46 bits per heavy atom. The van der Waals surface area contributed by atoms with Crippen molar-refractivity contribution in [2.24, 2.45) is 0 Å². The van der Waals surface area contributed by atoms with Crippen molar-refractivity contribution in [2.45, 2.75) is 32.1 Å². The molecule has 0 fully saturated rings. The summed E-state index contributed by atoms with van der Waals surface area (Å²) in [5.74, 6) is 1.19. The van der Waals surface area contributed by atoms with Crippen LogP contribution in [0.4, 0.5) is 0 Å². The zero-order valence-electron chi connectivity index (χ0n) is 15.8. The van der Waals surface area contributed by atoms with Crippen molar-refractivity contribution >= 4 is 5.97 Å². The topological polar surface area (TPSA) is 38.8 Å². The SMILES string of the molecule is CCN(CC)CCCC1(c2ccccc2)C(=O)Oc2ccc(OC)cc21.